The Kier molecular flexibility index (Phi) is 4.41. The number of urea groups is 1. The average Bonchev–Trinajstić information content (AvgIpc) is 2.39. The van der Waals surface area contributed by atoms with Crippen LogP contribution in [0.3, 0.4) is 0 Å². The summed E-state index contributed by atoms with van der Waals surface area (Å²) in [5, 5.41) is 14.6. The van der Waals surface area contributed by atoms with Gasteiger partial charge in [0.15, 0.2) is 0 Å². The molecule has 0 aromatic heterocycles. The SMILES string of the molecule is O=C(NCc1cccc(Br)c1)Nc1ccc(O)cc1. The van der Waals surface area contributed by atoms with E-state index < -0.39 is 0 Å². The molecule has 2 aromatic carbocycles. The molecule has 3 N–H and O–H groups in total. The number of nitrogens with one attached hydrogen (secondary N) is 2. The molecule has 4 nitrogen and oxygen atoms in total. The van der Waals surface area contributed by atoms with Crippen molar-refractivity contribution in [1.82, 2.24) is 5.32 Å². The van der Waals surface area contributed by atoms with Crippen molar-refractivity contribution in [3.05, 3.63) is 58.6 Å². The molecule has 0 atom stereocenters. The highest BCUT2D eigenvalue weighted by Crippen LogP contribution is 2.14. The van der Waals surface area contributed by atoms with Crippen molar-refractivity contribution in [2.24, 2.45) is 0 Å². The lowest BCUT2D eigenvalue weighted by molar-refractivity contribution is 0.251. The van der Waals surface area contributed by atoms with Crippen molar-refractivity contribution in [2.45, 2.75) is 6.54 Å². The van der Waals surface area contributed by atoms with Crippen molar-refractivity contribution in [3.8, 4) is 5.75 Å². The lowest BCUT2D eigenvalue weighted by atomic mass is 10.2. The van der Waals surface area contributed by atoms with Gasteiger partial charge in [-0.3, -0.25) is 0 Å². The normalized spacial score (nSPS) is 9.95. The molecule has 19 heavy (non-hydrogen) atoms. The molecular weight excluding hydrogens is 308 g/mol. The van der Waals surface area contributed by atoms with Crippen LogP contribution in [0.25, 0.3) is 0 Å². The predicted molar refractivity (Wildman–Crippen MR) is 78.1 cm³/mol. The third-order valence-corrected chi connectivity index (χ3v) is 2.96. The van der Waals surface area contributed by atoms with Gasteiger partial charge in [0.1, 0.15) is 5.75 Å². The van der Waals surface area contributed by atoms with E-state index in [4.69, 9.17) is 5.11 Å². The molecule has 2 rings (SSSR count). The van der Waals surface area contributed by atoms with Crippen molar-refractivity contribution in [2.75, 3.05) is 5.32 Å². The fraction of sp³-hybridized carbons (Fsp3) is 0.0714. The maximum absolute atomic E-state index is 11.7. The van der Waals surface area contributed by atoms with Crippen LogP contribution in [0.1, 0.15) is 5.56 Å². The Bertz CT molecular complexity index is 570. The fourth-order valence-corrected chi connectivity index (χ4v) is 2.00. The topological polar surface area (TPSA) is 61.4 Å². The first-order chi connectivity index (χ1) is 9.13. The second-order valence-electron chi connectivity index (χ2n) is 3.98. The predicted octanol–water partition coefficient (Wildman–Crippen LogP) is 3.48. The molecule has 0 aliphatic rings. The molecule has 5 heteroatoms. The van der Waals surface area contributed by atoms with E-state index in [1.165, 1.54) is 12.1 Å². The number of benzene rings is 2. The first kappa shape index (κ1) is 13.4. The summed E-state index contributed by atoms with van der Waals surface area (Å²) in [5.74, 6) is 0.167. The third-order valence-electron chi connectivity index (χ3n) is 2.47. The molecule has 98 valence electrons. The van der Waals surface area contributed by atoms with Gasteiger partial charge in [0.05, 0.1) is 0 Å². The Balaban J connectivity index is 1.86. The molecule has 0 spiro atoms. The summed E-state index contributed by atoms with van der Waals surface area (Å²) < 4.78 is 0.978. The fourth-order valence-electron chi connectivity index (χ4n) is 1.55. The third kappa shape index (κ3) is 4.30. The number of phenolic OH excluding ortho intramolecular Hbond substituents is 1. The second kappa shape index (κ2) is 6.24. The Morgan fingerprint density at radius 1 is 1.16 bits per heavy atom. The average molecular weight is 321 g/mol. The van der Waals surface area contributed by atoms with Crippen LogP contribution in [0, 0.1) is 0 Å². The summed E-state index contributed by atoms with van der Waals surface area (Å²) >= 11 is 3.38. The number of amides is 2. The highest BCUT2D eigenvalue weighted by atomic mass is 79.9. The Morgan fingerprint density at radius 2 is 1.89 bits per heavy atom. The van der Waals surface area contributed by atoms with E-state index in [2.05, 4.69) is 26.6 Å². The van der Waals surface area contributed by atoms with E-state index in [1.54, 1.807) is 12.1 Å². The molecule has 0 heterocycles. The summed E-state index contributed by atoms with van der Waals surface area (Å²) in [4.78, 5) is 11.7. The molecule has 0 bridgehead atoms. The van der Waals surface area contributed by atoms with Gasteiger partial charge in [0.25, 0.3) is 0 Å². The number of carbonyl (C=O) groups excluding carboxylic acids is 1. The van der Waals surface area contributed by atoms with Crippen LogP contribution >= 0.6 is 15.9 Å². The minimum absolute atomic E-state index is 0.167. The number of hydrogen-bond donors (Lipinski definition) is 3. The van der Waals surface area contributed by atoms with Crippen LogP contribution < -0.4 is 10.6 Å². The quantitative estimate of drug-likeness (QED) is 0.758. The monoisotopic (exact) mass is 320 g/mol. The minimum atomic E-state index is -0.286. The highest BCUT2D eigenvalue weighted by molar-refractivity contribution is 9.10. The molecule has 2 amide bonds. The smallest absolute Gasteiger partial charge is 0.319 e. The molecule has 0 saturated heterocycles. The largest absolute Gasteiger partial charge is 0.508 e. The van der Waals surface area contributed by atoms with Crippen LogP contribution in [-0.2, 0) is 6.54 Å². The number of hydrogen-bond acceptors (Lipinski definition) is 2. The van der Waals surface area contributed by atoms with Gasteiger partial charge in [0.2, 0.25) is 0 Å². The Morgan fingerprint density at radius 3 is 2.58 bits per heavy atom. The van der Waals surface area contributed by atoms with Crippen LogP contribution in [-0.4, -0.2) is 11.1 Å². The van der Waals surface area contributed by atoms with Crippen molar-refractivity contribution in [1.29, 1.82) is 0 Å². The van der Waals surface area contributed by atoms with Crippen LogP contribution in [0.4, 0.5) is 10.5 Å². The van der Waals surface area contributed by atoms with E-state index in [1.807, 2.05) is 24.3 Å². The molecule has 0 unspecified atom stereocenters. The highest BCUT2D eigenvalue weighted by Gasteiger charge is 2.02. The minimum Gasteiger partial charge on any atom is -0.508 e. The van der Waals surface area contributed by atoms with Gasteiger partial charge in [-0.05, 0) is 42.0 Å². The molecule has 0 fully saturated rings. The van der Waals surface area contributed by atoms with Crippen LogP contribution in [0.15, 0.2) is 53.0 Å². The van der Waals surface area contributed by atoms with Gasteiger partial charge in [-0.25, -0.2) is 4.79 Å². The standard InChI is InChI=1S/C14H13BrN2O2/c15-11-3-1-2-10(8-11)9-16-14(19)17-12-4-6-13(18)7-5-12/h1-8,18H,9H2,(H2,16,17,19). The zero-order valence-corrected chi connectivity index (χ0v) is 11.6. The van der Waals surface area contributed by atoms with E-state index >= 15 is 0 Å². The van der Waals surface area contributed by atoms with E-state index in [0.717, 1.165) is 10.0 Å². The number of anilines is 1. The summed E-state index contributed by atoms with van der Waals surface area (Å²) in [6.07, 6.45) is 0. The van der Waals surface area contributed by atoms with Gasteiger partial charge >= 0.3 is 6.03 Å². The summed E-state index contributed by atoms with van der Waals surface area (Å²) in [7, 11) is 0. The van der Waals surface area contributed by atoms with Crippen LogP contribution in [0.2, 0.25) is 0 Å². The van der Waals surface area contributed by atoms with Gasteiger partial charge in [-0.15, -0.1) is 0 Å². The summed E-state index contributed by atoms with van der Waals surface area (Å²) in [6.45, 7) is 0.448. The Hall–Kier alpha value is -2.01. The number of rotatable bonds is 3. The lowest BCUT2D eigenvalue weighted by Gasteiger charge is -2.08. The van der Waals surface area contributed by atoms with E-state index in [-0.39, 0.29) is 11.8 Å². The first-order valence-electron chi connectivity index (χ1n) is 5.72. The van der Waals surface area contributed by atoms with E-state index in [0.29, 0.717) is 12.2 Å². The summed E-state index contributed by atoms with van der Waals surface area (Å²) in [6, 6.07) is 13.7. The van der Waals surface area contributed by atoms with Crippen LogP contribution in [0.5, 0.6) is 5.75 Å². The van der Waals surface area contributed by atoms with Gasteiger partial charge in [-0.2, -0.15) is 0 Å². The molecular formula is C14H13BrN2O2. The molecule has 0 aliphatic carbocycles. The molecule has 0 saturated carbocycles. The van der Waals surface area contributed by atoms with Crippen molar-refractivity contribution in [3.63, 3.8) is 0 Å². The van der Waals surface area contributed by atoms with E-state index in [9.17, 15) is 4.79 Å². The molecule has 0 radical (unpaired) electrons. The second-order valence-corrected chi connectivity index (χ2v) is 4.90. The first-order valence-corrected chi connectivity index (χ1v) is 6.51. The van der Waals surface area contributed by atoms with Gasteiger partial charge in [-0.1, -0.05) is 28.1 Å². The molecule has 2 aromatic rings. The summed E-state index contributed by atoms with van der Waals surface area (Å²) in [5.41, 5.74) is 1.64. The molecule has 0 aliphatic heterocycles. The number of aromatic hydroxyl groups is 1. The van der Waals surface area contributed by atoms with Crippen molar-refractivity contribution < 1.29 is 9.90 Å². The lowest BCUT2D eigenvalue weighted by Crippen LogP contribution is -2.28. The maximum atomic E-state index is 11.7. The Labute approximate surface area is 119 Å². The number of carbonyl (C=O) groups is 1. The number of phenols is 1. The maximum Gasteiger partial charge on any atom is 0.319 e. The number of halogens is 1. The van der Waals surface area contributed by atoms with Gasteiger partial charge < -0.3 is 15.7 Å². The zero-order chi connectivity index (χ0) is 13.7. The van der Waals surface area contributed by atoms with Crippen molar-refractivity contribution >= 4 is 27.6 Å². The van der Waals surface area contributed by atoms with Gasteiger partial charge in [0, 0.05) is 16.7 Å². The zero-order valence-electron chi connectivity index (χ0n) is 10.1.